The zero-order chi connectivity index (χ0) is 13.8. The average molecular weight is 295 g/mol. The van der Waals surface area contributed by atoms with Gasteiger partial charge < -0.3 is 5.32 Å². The molecule has 0 saturated heterocycles. The molecule has 2 rings (SSSR count). The second-order valence-corrected chi connectivity index (χ2v) is 5.33. The van der Waals surface area contributed by atoms with E-state index in [2.05, 4.69) is 10.3 Å². The number of hydrogen-bond acceptors (Lipinski definition) is 2. The summed E-state index contributed by atoms with van der Waals surface area (Å²) in [5, 5.41) is 4.63. The lowest BCUT2D eigenvalue weighted by Crippen LogP contribution is -2.20. The molecule has 19 heavy (non-hydrogen) atoms. The zero-order valence-corrected chi connectivity index (χ0v) is 12.5. The van der Waals surface area contributed by atoms with Crippen LogP contribution in [0.1, 0.15) is 23.0 Å². The average Bonchev–Trinajstić information content (AvgIpc) is 2.38. The Hall–Kier alpha value is -1.09. The summed E-state index contributed by atoms with van der Waals surface area (Å²) in [6.07, 6.45) is 0.781. The van der Waals surface area contributed by atoms with E-state index in [9.17, 15) is 0 Å². The second-order valence-electron chi connectivity index (χ2n) is 4.48. The summed E-state index contributed by atoms with van der Waals surface area (Å²) < 4.78 is 0. The molecule has 0 radical (unpaired) electrons. The summed E-state index contributed by atoms with van der Waals surface area (Å²) in [5.41, 5.74) is 3.10. The van der Waals surface area contributed by atoms with Gasteiger partial charge in [-0.05, 0) is 50.2 Å². The van der Waals surface area contributed by atoms with Crippen molar-refractivity contribution < 1.29 is 0 Å². The molecule has 0 bridgehead atoms. The summed E-state index contributed by atoms with van der Waals surface area (Å²) >= 11 is 12.1. The lowest BCUT2D eigenvalue weighted by molar-refractivity contribution is 0.574. The van der Waals surface area contributed by atoms with E-state index >= 15 is 0 Å². The summed E-state index contributed by atoms with van der Waals surface area (Å²) in [6.45, 7) is 1.99. The maximum absolute atomic E-state index is 6.22. The highest BCUT2D eigenvalue weighted by molar-refractivity contribution is 6.35. The van der Waals surface area contributed by atoms with Crippen LogP contribution >= 0.6 is 23.2 Å². The van der Waals surface area contributed by atoms with E-state index in [1.807, 2.05) is 44.3 Å². The number of halogens is 2. The Morgan fingerprint density at radius 3 is 2.63 bits per heavy atom. The van der Waals surface area contributed by atoms with E-state index in [0.717, 1.165) is 23.4 Å². The van der Waals surface area contributed by atoms with Gasteiger partial charge in [-0.25, -0.2) is 0 Å². The maximum atomic E-state index is 6.22. The van der Waals surface area contributed by atoms with Gasteiger partial charge in [0.1, 0.15) is 0 Å². The molecule has 4 heteroatoms. The molecule has 1 heterocycles. The van der Waals surface area contributed by atoms with E-state index in [1.54, 1.807) is 6.07 Å². The van der Waals surface area contributed by atoms with Crippen LogP contribution in [0.25, 0.3) is 0 Å². The molecule has 0 aliphatic heterocycles. The smallest absolute Gasteiger partial charge is 0.0579 e. The minimum absolute atomic E-state index is 0.138. The molecule has 1 aromatic carbocycles. The van der Waals surface area contributed by atoms with Gasteiger partial charge in [0.25, 0.3) is 0 Å². The van der Waals surface area contributed by atoms with Crippen molar-refractivity contribution in [2.45, 2.75) is 19.4 Å². The zero-order valence-electron chi connectivity index (χ0n) is 11.0. The molecule has 100 valence electrons. The van der Waals surface area contributed by atoms with Crippen molar-refractivity contribution in [3.8, 4) is 0 Å². The number of nitrogens with one attached hydrogen (secondary N) is 1. The fraction of sp³-hybridized carbons (Fsp3) is 0.267. The topological polar surface area (TPSA) is 24.9 Å². The predicted octanol–water partition coefficient (Wildman–Crippen LogP) is 4.20. The van der Waals surface area contributed by atoms with Gasteiger partial charge in [-0.3, -0.25) is 4.98 Å². The minimum atomic E-state index is 0.138. The predicted molar refractivity (Wildman–Crippen MR) is 80.9 cm³/mol. The Labute approximate surface area is 123 Å². The quantitative estimate of drug-likeness (QED) is 0.914. The number of pyridine rings is 1. The Bertz CT molecular complexity index is 570. The first-order valence-corrected chi connectivity index (χ1v) is 6.90. The van der Waals surface area contributed by atoms with E-state index in [1.165, 1.54) is 0 Å². The van der Waals surface area contributed by atoms with Gasteiger partial charge in [0.2, 0.25) is 0 Å². The number of benzene rings is 1. The van der Waals surface area contributed by atoms with Gasteiger partial charge in [-0.1, -0.05) is 35.3 Å². The summed E-state index contributed by atoms with van der Waals surface area (Å²) in [6, 6.07) is 11.8. The lowest BCUT2D eigenvalue weighted by Gasteiger charge is -2.17. The lowest BCUT2D eigenvalue weighted by atomic mass is 10.0. The third-order valence-electron chi connectivity index (χ3n) is 3.05. The number of aromatic nitrogens is 1. The number of rotatable bonds is 4. The molecule has 0 aliphatic carbocycles. The van der Waals surface area contributed by atoms with Crippen molar-refractivity contribution in [1.82, 2.24) is 10.3 Å². The minimum Gasteiger partial charge on any atom is -0.311 e. The monoisotopic (exact) mass is 294 g/mol. The molecule has 0 saturated carbocycles. The van der Waals surface area contributed by atoms with Crippen LogP contribution in [0, 0.1) is 6.92 Å². The van der Waals surface area contributed by atoms with Crippen LogP contribution < -0.4 is 5.32 Å². The highest BCUT2D eigenvalue weighted by Gasteiger charge is 2.13. The third-order valence-corrected chi connectivity index (χ3v) is 3.64. The molecule has 0 aliphatic rings. The first-order valence-electron chi connectivity index (χ1n) is 6.15. The van der Waals surface area contributed by atoms with Gasteiger partial charge in [-0.2, -0.15) is 0 Å². The number of hydrogen-bond donors (Lipinski definition) is 1. The van der Waals surface area contributed by atoms with E-state index in [0.29, 0.717) is 10.0 Å². The highest BCUT2D eigenvalue weighted by Crippen LogP contribution is 2.25. The van der Waals surface area contributed by atoms with Gasteiger partial charge >= 0.3 is 0 Å². The van der Waals surface area contributed by atoms with E-state index in [-0.39, 0.29) is 6.04 Å². The first-order chi connectivity index (χ1) is 9.10. The molecule has 1 atom stereocenters. The van der Waals surface area contributed by atoms with Crippen molar-refractivity contribution in [1.29, 1.82) is 0 Å². The van der Waals surface area contributed by atoms with Crippen LogP contribution in [0.5, 0.6) is 0 Å². The summed E-state index contributed by atoms with van der Waals surface area (Å²) in [5.74, 6) is 0. The molecule has 2 aromatic rings. The van der Waals surface area contributed by atoms with Crippen LogP contribution in [0.3, 0.4) is 0 Å². The van der Waals surface area contributed by atoms with Gasteiger partial charge in [-0.15, -0.1) is 0 Å². The Balaban J connectivity index is 2.24. The van der Waals surface area contributed by atoms with Gasteiger partial charge in [0, 0.05) is 15.7 Å². The maximum Gasteiger partial charge on any atom is 0.0579 e. The van der Waals surface area contributed by atoms with Crippen LogP contribution in [0.4, 0.5) is 0 Å². The van der Waals surface area contributed by atoms with Crippen molar-refractivity contribution in [3.63, 3.8) is 0 Å². The second kappa shape index (κ2) is 6.38. The number of aryl methyl sites for hydroxylation is 1. The molecule has 0 amide bonds. The fourth-order valence-electron chi connectivity index (χ4n) is 2.02. The standard InChI is InChI=1S/C15H16Cl2N2/c1-10-4-3-5-14(19-10)15(18-2)8-11-6-7-12(16)9-13(11)17/h3-7,9,15,18H,8H2,1-2H3. The van der Waals surface area contributed by atoms with Gasteiger partial charge in [0.15, 0.2) is 0 Å². The van der Waals surface area contributed by atoms with Crippen molar-refractivity contribution in [2.75, 3.05) is 7.05 Å². The molecular weight excluding hydrogens is 279 g/mol. The van der Waals surface area contributed by atoms with Crippen molar-refractivity contribution in [2.24, 2.45) is 0 Å². The highest BCUT2D eigenvalue weighted by atomic mass is 35.5. The molecule has 0 spiro atoms. The van der Waals surface area contributed by atoms with Crippen LogP contribution in [0.15, 0.2) is 36.4 Å². The SMILES string of the molecule is CNC(Cc1ccc(Cl)cc1Cl)c1cccc(C)n1. The fourth-order valence-corrected chi connectivity index (χ4v) is 2.51. The Morgan fingerprint density at radius 2 is 2.00 bits per heavy atom. The molecule has 1 aromatic heterocycles. The van der Waals surface area contributed by atoms with Crippen molar-refractivity contribution in [3.05, 3.63) is 63.4 Å². The largest absolute Gasteiger partial charge is 0.311 e. The molecule has 1 unspecified atom stereocenters. The van der Waals surface area contributed by atoms with Crippen LogP contribution in [-0.2, 0) is 6.42 Å². The molecular formula is C15H16Cl2N2. The number of nitrogens with zero attached hydrogens (tertiary/aromatic N) is 1. The normalized spacial score (nSPS) is 12.4. The molecule has 2 nitrogen and oxygen atoms in total. The van der Waals surface area contributed by atoms with E-state index in [4.69, 9.17) is 23.2 Å². The van der Waals surface area contributed by atoms with Crippen LogP contribution in [0.2, 0.25) is 10.0 Å². The summed E-state index contributed by atoms with van der Waals surface area (Å²) in [7, 11) is 1.93. The first kappa shape index (κ1) is 14.3. The molecule has 0 fully saturated rings. The van der Waals surface area contributed by atoms with Crippen molar-refractivity contribution >= 4 is 23.2 Å². The molecule has 1 N–H and O–H groups in total. The van der Waals surface area contributed by atoms with Gasteiger partial charge in [0.05, 0.1) is 11.7 Å². The number of likely N-dealkylation sites (N-methyl/N-ethyl adjacent to an activating group) is 1. The Morgan fingerprint density at radius 1 is 1.21 bits per heavy atom. The van der Waals surface area contributed by atoms with E-state index < -0.39 is 0 Å². The van der Waals surface area contributed by atoms with Crippen LogP contribution in [-0.4, -0.2) is 12.0 Å². The summed E-state index contributed by atoms with van der Waals surface area (Å²) in [4.78, 5) is 4.56. The third kappa shape index (κ3) is 3.69. The Kier molecular flexibility index (Phi) is 4.81.